The first kappa shape index (κ1) is 11.9. The van der Waals surface area contributed by atoms with E-state index in [2.05, 4.69) is 5.32 Å². The van der Waals surface area contributed by atoms with Gasteiger partial charge in [0.1, 0.15) is 6.42 Å². The molecule has 6 nitrogen and oxygen atoms in total. The Morgan fingerprint density at radius 3 is 1.92 bits per heavy atom. The molecule has 0 aromatic heterocycles. The summed E-state index contributed by atoms with van der Waals surface area (Å²) in [7, 11) is 0. The summed E-state index contributed by atoms with van der Waals surface area (Å²) in [4.78, 5) is 18.9. The molecule has 0 bridgehead atoms. The average molecular weight is 191 g/mol. The van der Waals surface area contributed by atoms with Crippen molar-refractivity contribution < 1.29 is 24.9 Å². The van der Waals surface area contributed by atoms with E-state index < -0.39 is 18.4 Å². The number of carboxylic acid groups (broad SMARTS) is 2. The van der Waals surface area contributed by atoms with Gasteiger partial charge in [-0.1, -0.05) is 0 Å². The molecule has 76 valence electrons. The monoisotopic (exact) mass is 191 g/mol. The summed E-state index contributed by atoms with van der Waals surface area (Å²) in [5, 5.41) is 27.1. The van der Waals surface area contributed by atoms with Gasteiger partial charge in [0.25, 0.3) is 0 Å². The van der Waals surface area contributed by atoms with E-state index in [4.69, 9.17) is 15.3 Å². The van der Waals surface area contributed by atoms with Crippen molar-refractivity contribution in [2.24, 2.45) is 0 Å². The van der Waals surface area contributed by atoms with Crippen LogP contribution in [-0.4, -0.2) is 46.5 Å². The van der Waals surface area contributed by atoms with Crippen molar-refractivity contribution in [1.29, 1.82) is 0 Å². The van der Waals surface area contributed by atoms with Crippen LogP contribution in [-0.2, 0) is 9.59 Å². The number of aliphatic hydroxyl groups is 1. The highest BCUT2D eigenvalue weighted by atomic mass is 16.4. The number of rotatable bonds is 2. The molecule has 6 heteroatoms. The molecule has 1 atom stereocenters. The lowest BCUT2D eigenvalue weighted by Crippen LogP contribution is -2.11. The lowest BCUT2D eigenvalue weighted by atomic mass is 10.3. The molecule has 4 N–H and O–H groups in total. The minimum Gasteiger partial charge on any atom is -0.481 e. The van der Waals surface area contributed by atoms with Gasteiger partial charge in [0.15, 0.2) is 0 Å². The number of carbonyl (C=O) groups is 2. The van der Waals surface area contributed by atoms with Crippen molar-refractivity contribution in [3.63, 3.8) is 0 Å². The highest BCUT2D eigenvalue weighted by Gasteiger charge is 2.08. The minimum atomic E-state index is -1.31. The number of β-amino-alcohol motifs (C(OH)–C–C–N with tert-alkyl or cyclic N) is 1. The first-order valence-electron chi connectivity index (χ1n) is 3.84. The summed E-state index contributed by atoms with van der Waals surface area (Å²) in [6.07, 6.45) is 0.0602. The molecular weight excluding hydrogens is 178 g/mol. The van der Waals surface area contributed by atoms with Crippen molar-refractivity contribution in [3.8, 4) is 0 Å². The quantitative estimate of drug-likeness (QED) is 0.412. The van der Waals surface area contributed by atoms with Crippen LogP contribution in [0.25, 0.3) is 0 Å². The zero-order valence-corrected chi connectivity index (χ0v) is 7.06. The van der Waals surface area contributed by atoms with Crippen molar-refractivity contribution in [2.75, 3.05) is 13.1 Å². The molecule has 1 saturated heterocycles. The molecule has 1 aliphatic heterocycles. The van der Waals surface area contributed by atoms with Gasteiger partial charge in [0.05, 0.1) is 6.10 Å². The predicted octanol–water partition coefficient (Wildman–Crippen LogP) is -1.11. The van der Waals surface area contributed by atoms with Gasteiger partial charge in [0.2, 0.25) is 0 Å². The van der Waals surface area contributed by atoms with Crippen LogP contribution < -0.4 is 5.32 Å². The van der Waals surface area contributed by atoms with Gasteiger partial charge >= 0.3 is 11.9 Å². The van der Waals surface area contributed by atoms with Crippen LogP contribution in [0.2, 0.25) is 0 Å². The molecule has 1 aliphatic rings. The molecule has 0 aliphatic carbocycles. The van der Waals surface area contributed by atoms with E-state index in [-0.39, 0.29) is 6.10 Å². The summed E-state index contributed by atoms with van der Waals surface area (Å²) in [5.41, 5.74) is 0. The SMILES string of the molecule is O=C(O)CC(=O)O.OC1CCNC1. The van der Waals surface area contributed by atoms with Crippen LogP contribution in [0, 0.1) is 0 Å². The van der Waals surface area contributed by atoms with Gasteiger partial charge in [-0.25, -0.2) is 0 Å². The molecule has 0 amide bonds. The first-order chi connectivity index (χ1) is 6.02. The fraction of sp³-hybridized carbons (Fsp3) is 0.714. The maximum absolute atomic E-state index is 9.43. The largest absolute Gasteiger partial charge is 0.481 e. The minimum absolute atomic E-state index is 0.0648. The standard InChI is InChI=1S/C4H9NO.C3H4O4/c6-4-1-2-5-3-4;4-2(5)1-3(6)7/h4-6H,1-3H2;1H2,(H,4,5)(H,6,7). The fourth-order valence-corrected chi connectivity index (χ4v) is 0.769. The van der Waals surface area contributed by atoms with Gasteiger partial charge in [-0.15, -0.1) is 0 Å². The molecule has 1 heterocycles. The second kappa shape index (κ2) is 6.38. The smallest absolute Gasteiger partial charge is 0.314 e. The highest BCUT2D eigenvalue weighted by Crippen LogP contribution is 1.93. The number of hydrogen-bond acceptors (Lipinski definition) is 4. The van der Waals surface area contributed by atoms with Gasteiger partial charge in [-0.2, -0.15) is 0 Å². The zero-order chi connectivity index (χ0) is 10.3. The number of carboxylic acids is 2. The Morgan fingerprint density at radius 2 is 1.85 bits per heavy atom. The van der Waals surface area contributed by atoms with Crippen LogP contribution in [0.1, 0.15) is 12.8 Å². The molecule has 1 unspecified atom stereocenters. The van der Waals surface area contributed by atoms with Gasteiger partial charge < -0.3 is 20.6 Å². The Morgan fingerprint density at radius 1 is 1.31 bits per heavy atom. The Balaban J connectivity index is 0.000000223. The Kier molecular flexibility index (Phi) is 5.82. The van der Waals surface area contributed by atoms with E-state index in [1.54, 1.807) is 0 Å². The maximum atomic E-state index is 9.43. The lowest BCUT2D eigenvalue weighted by Gasteiger charge is -1.90. The molecule has 1 rings (SSSR count). The van der Waals surface area contributed by atoms with E-state index in [9.17, 15) is 9.59 Å². The fourth-order valence-electron chi connectivity index (χ4n) is 0.769. The van der Waals surface area contributed by atoms with E-state index >= 15 is 0 Å². The highest BCUT2D eigenvalue weighted by molar-refractivity contribution is 5.88. The van der Waals surface area contributed by atoms with E-state index in [0.29, 0.717) is 0 Å². The first-order valence-corrected chi connectivity index (χ1v) is 3.84. The Hall–Kier alpha value is -1.14. The number of aliphatic hydroxyl groups excluding tert-OH is 1. The van der Waals surface area contributed by atoms with Gasteiger partial charge in [-0.3, -0.25) is 9.59 Å². The summed E-state index contributed by atoms with van der Waals surface area (Å²) in [5.74, 6) is -2.62. The average Bonchev–Trinajstić information content (AvgIpc) is 2.37. The lowest BCUT2D eigenvalue weighted by molar-refractivity contribution is -0.147. The van der Waals surface area contributed by atoms with Crippen molar-refractivity contribution >= 4 is 11.9 Å². The van der Waals surface area contributed by atoms with Crippen molar-refractivity contribution in [2.45, 2.75) is 18.9 Å². The summed E-state index contributed by atoms with van der Waals surface area (Å²) >= 11 is 0. The predicted molar refractivity (Wildman–Crippen MR) is 43.4 cm³/mol. The molecular formula is C7H13NO5. The molecule has 1 fully saturated rings. The molecule has 0 radical (unpaired) electrons. The summed E-state index contributed by atoms with van der Waals surface area (Å²) in [6, 6.07) is 0. The van der Waals surface area contributed by atoms with Crippen molar-refractivity contribution in [1.82, 2.24) is 5.32 Å². The maximum Gasteiger partial charge on any atom is 0.314 e. The van der Waals surface area contributed by atoms with Crippen LogP contribution in [0.3, 0.4) is 0 Å². The van der Waals surface area contributed by atoms with Crippen LogP contribution in [0.5, 0.6) is 0 Å². The normalized spacial score (nSPS) is 20.2. The third-order valence-corrected chi connectivity index (χ3v) is 1.34. The third-order valence-electron chi connectivity index (χ3n) is 1.34. The van der Waals surface area contributed by atoms with E-state index in [0.717, 1.165) is 19.5 Å². The van der Waals surface area contributed by atoms with Gasteiger partial charge in [-0.05, 0) is 13.0 Å². The van der Waals surface area contributed by atoms with E-state index in [1.165, 1.54) is 0 Å². The van der Waals surface area contributed by atoms with Crippen LogP contribution >= 0.6 is 0 Å². The molecule has 0 saturated carbocycles. The number of aliphatic carboxylic acids is 2. The Labute approximate surface area is 75.2 Å². The topological polar surface area (TPSA) is 107 Å². The second-order valence-corrected chi connectivity index (χ2v) is 2.61. The summed E-state index contributed by atoms with van der Waals surface area (Å²) < 4.78 is 0. The molecule has 13 heavy (non-hydrogen) atoms. The van der Waals surface area contributed by atoms with Gasteiger partial charge in [0, 0.05) is 6.54 Å². The number of nitrogens with one attached hydrogen (secondary N) is 1. The molecule has 0 aromatic rings. The van der Waals surface area contributed by atoms with Crippen LogP contribution in [0.15, 0.2) is 0 Å². The van der Waals surface area contributed by atoms with Crippen molar-refractivity contribution in [3.05, 3.63) is 0 Å². The van der Waals surface area contributed by atoms with Crippen LogP contribution in [0.4, 0.5) is 0 Å². The zero-order valence-electron chi connectivity index (χ0n) is 7.06. The third kappa shape index (κ3) is 8.77. The molecule has 0 spiro atoms. The van der Waals surface area contributed by atoms with E-state index in [1.807, 2.05) is 0 Å². The second-order valence-electron chi connectivity index (χ2n) is 2.61. The number of hydrogen-bond donors (Lipinski definition) is 4. The molecule has 0 aromatic carbocycles. The Bertz CT molecular complexity index is 164. The summed E-state index contributed by atoms with van der Waals surface area (Å²) in [6.45, 7) is 1.78.